The summed E-state index contributed by atoms with van der Waals surface area (Å²) in [5, 5.41) is 3.30. The van der Waals surface area contributed by atoms with E-state index in [9.17, 15) is 8.78 Å². The highest BCUT2D eigenvalue weighted by atomic mass is 35.5. The summed E-state index contributed by atoms with van der Waals surface area (Å²) in [6, 6.07) is 4.45. The van der Waals surface area contributed by atoms with E-state index in [4.69, 9.17) is 11.6 Å². The molecule has 16 heavy (non-hydrogen) atoms. The molecule has 1 heterocycles. The van der Waals surface area contributed by atoms with Crippen molar-refractivity contribution in [1.82, 2.24) is 5.32 Å². The summed E-state index contributed by atoms with van der Waals surface area (Å²) >= 11 is 5.88. The molecule has 1 N–H and O–H groups in total. The van der Waals surface area contributed by atoms with Crippen molar-refractivity contribution in [2.45, 2.75) is 24.9 Å². The first-order valence-electron chi connectivity index (χ1n) is 5.43. The summed E-state index contributed by atoms with van der Waals surface area (Å²) in [7, 11) is 0. The molecule has 1 aromatic carbocycles. The van der Waals surface area contributed by atoms with Gasteiger partial charge in [0.1, 0.15) is 11.5 Å². The zero-order valence-electron chi connectivity index (χ0n) is 8.90. The lowest BCUT2D eigenvalue weighted by molar-refractivity contribution is 0.121. The Morgan fingerprint density at radius 3 is 2.88 bits per heavy atom. The van der Waals surface area contributed by atoms with Gasteiger partial charge >= 0.3 is 0 Å². The summed E-state index contributed by atoms with van der Waals surface area (Å²) in [6.45, 7) is 1.11. The average molecular weight is 246 g/mol. The molecule has 88 valence electrons. The van der Waals surface area contributed by atoms with Crippen molar-refractivity contribution in [3.05, 3.63) is 34.6 Å². The van der Waals surface area contributed by atoms with Gasteiger partial charge in [-0.3, -0.25) is 0 Å². The molecule has 0 saturated carbocycles. The molecule has 0 aromatic heterocycles. The largest absolute Gasteiger partial charge is 0.314 e. The van der Waals surface area contributed by atoms with Gasteiger partial charge in [0.25, 0.3) is 0 Å². The molecule has 1 fully saturated rings. The number of hydrogen-bond acceptors (Lipinski definition) is 1. The van der Waals surface area contributed by atoms with Gasteiger partial charge in [0.2, 0.25) is 0 Å². The lowest BCUT2D eigenvalue weighted by atomic mass is 9.89. The van der Waals surface area contributed by atoms with Gasteiger partial charge in [0, 0.05) is 23.6 Å². The van der Waals surface area contributed by atoms with E-state index in [-0.39, 0.29) is 18.5 Å². The molecule has 4 heteroatoms. The number of halogens is 3. The van der Waals surface area contributed by atoms with Gasteiger partial charge in [-0.1, -0.05) is 17.7 Å². The molecule has 1 unspecified atom stereocenters. The van der Waals surface area contributed by atoms with Crippen molar-refractivity contribution < 1.29 is 8.78 Å². The van der Waals surface area contributed by atoms with Crippen molar-refractivity contribution in [2.75, 3.05) is 13.1 Å². The lowest BCUT2D eigenvalue weighted by Gasteiger charge is -2.30. The van der Waals surface area contributed by atoms with E-state index in [0.29, 0.717) is 11.4 Å². The fourth-order valence-corrected chi connectivity index (χ4v) is 2.33. The van der Waals surface area contributed by atoms with E-state index in [0.717, 1.165) is 13.0 Å². The molecule has 0 aliphatic carbocycles. The minimum absolute atomic E-state index is 0.0471. The highest BCUT2D eigenvalue weighted by Crippen LogP contribution is 2.30. The molecule has 1 aliphatic rings. The Kier molecular flexibility index (Phi) is 3.45. The fourth-order valence-electron chi connectivity index (χ4n) is 2.10. The van der Waals surface area contributed by atoms with Crippen molar-refractivity contribution in [3.63, 3.8) is 0 Å². The van der Waals surface area contributed by atoms with E-state index in [1.165, 1.54) is 12.1 Å². The van der Waals surface area contributed by atoms with Crippen LogP contribution >= 0.6 is 11.6 Å². The van der Waals surface area contributed by atoms with Crippen molar-refractivity contribution >= 4 is 11.6 Å². The number of rotatable bonds is 2. The van der Waals surface area contributed by atoms with Crippen LogP contribution in [0.2, 0.25) is 5.02 Å². The maximum absolute atomic E-state index is 14.3. The Labute approximate surface area is 98.8 Å². The normalized spacial score (nSPS) is 25.7. The van der Waals surface area contributed by atoms with Gasteiger partial charge in [-0.25, -0.2) is 8.78 Å². The maximum Gasteiger partial charge on any atom is 0.128 e. The predicted octanol–water partition coefficient (Wildman–Crippen LogP) is 3.11. The van der Waals surface area contributed by atoms with Crippen LogP contribution in [0.5, 0.6) is 0 Å². The van der Waals surface area contributed by atoms with Gasteiger partial charge in [0.15, 0.2) is 0 Å². The first kappa shape index (κ1) is 11.8. The molecular formula is C12H14ClF2N. The first-order valence-corrected chi connectivity index (χ1v) is 5.81. The molecule has 2 rings (SSSR count). The molecule has 1 aliphatic heterocycles. The Hall–Kier alpha value is -0.670. The van der Waals surface area contributed by atoms with Crippen LogP contribution in [0.25, 0.3) is 0 Å². The highest BCUT2D eigenvalue weighted by Gasteiger charge is 2.33. The second kappa shape index (κ2) is 4.68. The van der Waals surface area contributed by atoms with Gasteiger partial charge in [0.05, 0.1) is 0 Å². The molecule has 0 amide bonds. The first-order chi connectivity index (χ1) is 7.61. The van der Waals surface area contributed by atoms with Crippen LogP contribution in [0.3, 0.4) is 0 Å². The average Bonchev–Trinajstić information content (AvgIpc) is 2.25. The lowest BCUT2D eigenvalue weighted by Crippen LogP contribution is -2.43. The Morgan fingerprint density at radius 2 is 2.25 bits per heavy atom. The van der Waals surface area contributed by atoms with E-state index in [1.54, 1.807) is 6.07 Å². The van der Waals surface area contributed by atoms with Crippen LogP contribution in [-0.4, -0.2) is 18.8 Å². The van der Waals surface area contributed by atoms with E-state index < -0.39 is 11.5 Å². The molecule has 1 saturated heterocycles. The van der Waals surface area contributed by atoms with E-state index in [1.807, 2.05) is 0 Å². The van der Waals surface area contributed by atoms with E-state index in [2.05, 4.69) is 5.32 Å². The van der Waals surface area contributed by atoms with Gasteiger partial charge < -0.3 is 5.32 Å². The Balaban J connectivity index is 2.19. The number of benzene rings is 1. The number of piperidine rings is 1. The second-order valence-electron chi connectivity index (χ2n) is 4.31. The van der Waals surface area contributed by atoms with Crippen molar-refractivity contribution in [2.24, 2.45) is 0 Å². The van der Waals surface area contributed by atoms with Gasteiger partial charge in [-0.15, -0.1) is 0 Å². The Morgan fingerprint density at radius 1 is 1.44 bits per heavy atom. The third-order valence-corrected chi connectivity index (χ3v) is 3.33. The molecule has 0 radical (unpaired) electrons. The second-order valence-corrected chi connectivity index (χ2v) is 4.72. The fraction of sp³-hybridized carbons (Fsp3) is 0.500. The zero-order valence-corrected chi connectivity index (χ0v) is 9.66. The molecule has 1 aromatic rings. The summed E-state index contributed by atoms with van der Waals surface area (Å²) in [5.41, 5.74) is -1.08. The van der Waals surface area contributed by atoms with Crippen LogP contribution in [0, 0.1) is 5.82 Å². The van der Waals surface area contributed by atoms with Crippen LogP contribution in [0.4, 0.5) is 8.78 Å². The van der Waals surface area contributed by atoms with Crippen LogP contribution in [0.15, 0.2) is 18.2 Å². The van der Waals surface area contributed by atoms with Gasteiger partial charge in [-0.2, -0.15) is 0 Å². The quantitative estimate of drug-likeness (QED) is 0.844. The van der Waals surface area contributed by atoms with Gasteiger partial charge in [-0.05, 0) is 31.5 Å². The summed E-state index contributed by atoms with van der Waals surface area (Å²) in [5.74, 6) is -0.421. The minimum Gasteiger partial charge on any atom is -0.314 e. The van der Waals surface area contributed by atoms with Crippen LogP contribution in [-0.2, 0) is 6.42 Å². The molecular weight excluding hydrogens is 232 g/mol. The number of nitrogens with one attached hydrogen (secondary N) is 1. The summed E-state index contributed by atoms with van der Waals surface area (Å²) in [6.07, 6.45) is 1.29. The minimum atomic E-state index is -1.37. The standard InChI is InChI=1S/C12H14ClF2N/c13-10-3-1-4-11(14)9(10)7-12(15)5-2-6-16-8-12/h1,3-4,16H,2,5-8H2. The number of alkyl halides is 1. The SMILES string of the molecule is Fc1cccc(Cl)c1CC1(F)CCCNC1. The van der Waals surface area contributed by atoms with Crippen LogP contribution in [0.1, 0.15) is 18.4 Å². The van der Waals surface area contributed by atoms with Crippen molar-refractivity contribution in [3.8, 4) is 0 Å². The predicted molar refractivity (Wildman–Crippen MR) is 61.1 cm³/mol. The number of hydrogen-bond donors (Lipinski definition) is 1. The summed E-state index contributed by atoms with van der Waals surface area (Å²) in [4.78, 5) is 0. The molecule has 1 atom stereocenters. The Bertz CT molecular complexity index is 355. The molecule has 1 nitrogen and oxygen atoms in total. The smallest absolute Gasteiger partial charge is 0.128 e. The third kappa shape index (κ3) is 2.53. The highest BCUT2D eigenvalue weighted by molar-refractivity contribution is 6.31. The monoisotopic (exact) mass is 245 g/mol. The summed E-state index contributed by atoms with van der Waals surface area (Å²) < 4.78 is 27.8. The molecule has 0 spiro atoms. The maximum atomic E-state index is 14.3. The third-order valence-electron chi connectivity index (χ3n) is 2.98. The van der Waals surface area contributed by atoms with E-state index >= 15 is 0 Å². The van der Waals surface area contributed by atoms with Crippen LogP contribution < -0.4 is 5.32 Å². The topological polar surface area (TPSA) is 12.0 Å². The zero-order chi connectivity index (χ0) is 11.6. The van der Waals surface area contributed by atoms with Crippen molar-refractivity contribution in [1.29, 1.82) is 0 Å². The molecule has 0 bridgehead atoms.